The Hall–Kier alpha value is -0.390. The van der Waals surface area contributed by atoms with E-state index in [1.807, 2.05) is 0 Å². The number of halogens is 1. The van der Waals surface area contributed by atoms with Crippen LogP contribution in [0.3, 0.4) is 0 Å². The molecule has 1 aliphatic rings. The van der Waals surface area contributed by atoms with Crippen molar-refractivity contribution < 1.29 is 0 Å². The smallest absolute Gasteiger partial charge is 0.0169 e. The molecule has 0 saturated heterocycles. The number of benzene rings is 1. The van der Waals surface area contributed by atoms with E-state index < -0.39 is 0 Å². The fourth-order valence-electron chi connectivity index (χ4n) is 2.32. The number of unbranched alkanes of at least 4 members (excludes halogenated alkanes) is 1. The van der Waals surface area contributed by atoms with Crippen molar-refractivity contribution in [1.29, 1.82) is 0 Å². The maximum absolute atomic E-state index is 5.52. The predicted molar refractivity (Wildman–Crippen MR) is 86.5 cm³/mol. The average molecular weight is 356 g/mol. The van der Waals surface area contributed by atoms with Crippen LogP contribution >= 0.6 is 22.6 Å². The number of hydrogen-bond acceptors (Lipinski definition) is 2. The zero-order chi connectivity index (χ0) is 12.8. The maximum atomic E-state index is 5.52. The third-order valence-electron chi connectivity index (χ3n) is 3.44. The largest absolute Gasteiger partial charge is 0.330 e. The Kier molecular flexibility index (Phi) is 5.66. The molecule has 2 nitrogen and oxygen atoms in total. The highest BCUT2D eigenvalue weighted by Crippen LogP contribution is 2.23. The molecule has 1 heterocycles. The van der Waals surface area contributed by atoms with Gasteiger partial charge in [-0.1, -0.05) is 18.2 Å². The van der Waals surface area contributed by atoms with Crippen LogP contribution in [-0.2, 0) is 0 Å². The molecule has 0 radical (unpaired) electrons. The molecule has 0 bridgehead atoms. The highest BCUT2D eigenvalue weighted by Gasteiger charge is 2.12. The lowest BCUT2D eigenvalue weighted by atomic mass is 9.99. The fraction of sp³-hybridized carbons (Fsp3) is 0.467. The van der Waals surface area contributed by atoms with Crippen molar-refractivity contribution in [2.24, 2.45) is 5.73 Å². The van der Waals surface area contributed by atoms with Gasteiger partial charge in [0.05, 0.1) is 0 Å². The van der Waals surface area contributed by atoms with Crippen molar-refractivity contribution >= 4 is 28.2 Å². The minimum Gasteiger partial charge on any atom is -0.330 e. The first-order chi connectivity index (χ1) is 8.79. The van der Waals surface area contributed by atoms with Crippen LogP contribution in [-0.4, -0.2) is 31.1 Å². The SMILES string of the molecule is NCCCCN1CC=C(c2ccc(I)cc2)CC1. The second-order valence-corrected chi connectivity index (χ2v) is 6.03. The predicted octanol–water partition coefficient (Wildman–Crippen LogP) is 3.12. The minimum atomic E-state index is 0.817. The quantitative estimate of drug-likeness (QED) is 0.649. The monoisotopic (exact) mass is 356 g/mol. The van der Waals surface area contributed by atoms with Crippen LogP contribution in [0.2, 0.25) is 0 Å². The van der Waals surface area contributed by atoms with E-state index in [0.29, 0.717) is 0 Å². The number of nitrogens with zero attached hydrogens (tertiary/aromatic N) is 1. The van der Waals surface area contributed by atoms with Gasteiger partial charge < -0.3 is 5.73 Å². The highest BCUT2D eigenvalue weighted by atomic mass is 127. The molecule has 98 valence electrons. The molecule has 0 aromatic heterocycles. The molecule has 18 heavy (non-hydrogen) atoms. The van der Waals surface area contributed by atoms with Gasteiger partial charge in [0.15, 0.2) is 0 Å². The normalized spacial score (nSPS) is 16.7. The van der Waals surface area contributed by atoms with Crippen LogP contribution in [0, 0.1) is 3.57 Å². The van der Waals surface area contributed by atoms with Crippen molar-refractivity contribution in [3.63, 3.8) is 0 Å². The molecular weight excluding hydrogens is 335 g/mol. The summed E-state index contributed by atoms with van der Waals surface area (Å²) in [5.41, 5.74) is 8.41. The summed E-state index contributed by atoms with van der Waals surface area (Å²) in [6.07, 6.45) is 5.92. The molecule has 0 unspecified atom stereocenters. The van der Waals surface area contributed by atoms with E-state index in [1.165, 1.54) is 40.6 Å². The topological polar surface area (TPSA) is 29.3 Å². The third-order valence-corrected chi connectivity index (χ3v) is 4.16. The lowest BCUT2D eigenvalue weighted by Crippen LogP contribution is -2.29. The zero-order valence-electron chi connectivity index (χ0n) is 10.7. The second kappa shape index (κ2) is 7.26. The Morgan fingerprint density at radius 3 is 2.56 bits per heavy atom. The first kappa shape index (κ1) is 14.0. The van der Waals surface area contributed by atoms with E-state index in [1.54, 1.807) is 0 Å². The van der Waals surface area contributed by atoms with Crippen LogP contribution in [0.5, 0.6) is 0 Å². The van der Waals surface area contributed by atoms with Gasteiger partial charge in [0.2, 0.25) is 0 Å². The van der Waals surface area contributed by atoms with Gasteiger partial charge in [-0.3, -0.25) is 4.90 Å². The van der Waals surface area contributed by atoms with Crippen molar-refractivity contribution in [3.8, 4) is 0 Å². The lowest BCUT2D eigenvalue weighted by molar-refractivity contribution is 0.296. The number of rotatable bonds is 5. The zero-order valence-corrected chi connectivity index (χ0v) is 12.9. The Labute approximate surface area is 123 Å². The summed E-state index contributed by atoms with van der Waals surface area (Å²) >= 11 is 2.35. The molecule has 1 aliphatic heterocycles. The van der Waals surface area contributed by atoms with Gasteiger partial charge in [0, 0.05) is 16.7 Å². The van der Waals surface area contributed by atoms with Crippen LogP contribution < -0.4 is 5.73 Å². The Bertz CT molecular complexity index is 397. The molecule has 2 N–H and O–H groups in total. The first-order valence-corrected chi connectivity index (χ1v) is 7.75. The highest BCUT2D eigenvalue weighted by molar-refractivity contribution is 14.1. The summed E-state index contributed by atoms with van der Waals surface area (Å²) in [7, 11) is 0. The van der Waals surface area contributed by atoms with E-state index in [4.69, 9.17) is 5.73 Å². The first-order valence-electron chi connectivity index (χ1n) is 6.67. The molecule has 1 aromatic rings. The summed E-state index contributed by atoms with van der Waals surface area (Å²) < 4.78 is 1.30. The molecule has 0 atom stereocenters. The Morgan fingerprint density at radius 2 is 1.94 bits per heavy atom. The Morgan fingerprint density at radius 1 is 1.17 bits per heavy atom. The maximum Gasteiger partial charge on any atom is 0.0169 e. The van der Waals surface area contributed by atoms with Crippen molar-refractivity contribution in [3.05, 3.63) is 39.5 Å². The van der Waals surface area contributed by atoms with Gasteiger partial charge in [0.1, 0.15) is 0 Å². The average Bonchev–Trinajstić information content (AvgIpc) is 2.41. The Balaban J connectivity index is 1.88. The van der Waals surface area contributed by atoms with E-state index in [2.05, 4.69) is 57.8 Å². The van der Waals surface area contributed by atoms with Crippen molar-refractivity contribution in [2.45, 2.75) is 19.3 Å². The van der Waals surface area contributed by atoms with Gasteiger partial charge in [-0.2, -0.15) is 0 Å². The van der Waals surface area contributed by atoms with Crippen molar-refractivity contribution in [2.75, 3.05) is 26.2 Å². The third kappa shape index (κ3) is 4.07. The molecule has 0 spiro atoms. The second-order valence-electron chi connectivity index (χ2n) is 4.78. The van der Waals surface area contributed by atoms with Gasteiger partial charge in [-0.05, 0) is 78.2 Å². The molecule has 0 saturated carbocycles. The van der Waals surface area contributed by atoms with Gasteiger partial charge in [-0.25, -0.2) is 0 Å². The van der Waals surface area contributed by atoms with E-state index >= 15 is 0 Å². The molecule has 0 fully saturated rings. The summed E-state index contributed by atoms with van der Waals surface area (Å²) in [5.74, 6) is 0. The summed E-state index contributed by atoms with van der Waals surface area (Å²) in [5, 5.41) is 0. The molecule has 1 aromatic carbocycles. The van der Waals surface area contributed by atoms with Crippen molar-refractivity contribution in [1.82, 2.24) is 4.90 Å². The summed E-state index contributed by atoms with van der Waals surface area (Å²) in [6, 6.07) is 8.84. The van der Waals surface area contributed by atoms with E-state index in [0.717, 1.165) is 19.5 Å². The minimum absolute atomic E-state index is 0.817. The number of nitrogens with two attached hydrogens (primary N) is 1. The van der Waals surface area contributed by atoms with Gasteiger partial charge in [0.25, 0.3) is 0 Å². The van der Waals surface area contributed by atoms with Gasteiger partial charge >= 0.3 is 0 Å². The lowest BCUT2D eigenvalue weighted by Gasteiger charge is -2.26. The summed E-state index contributed by atoms with van der Waals surface area (Å²) in [6.45, 7) is 4.28. The van der Waals surface area contributed by atoms with Crippen LogP contribution in [0.15, 0.2) is 30.3 Å². The van der Waals surface area contributed by atoms with Gasteiger partial charge in [-0.15, -0.1) is 0 Å². The standard InChI is InChI=1S/C15H21IN2/c16-15-5-3-13(4-6-15)14-7-11-18(12-8-14)10-2-1-9-17/h3-7H,1-2,8-12,17H2. The molecule has 0 aliphatic carbocycles. The fourth-order valence-corrected chi connectivity index (χ4v) is 2.68. The van der Waals surface area contributed by atoms with Crippen LogP contribution in [0.4, 0.5) is 0 Å². The van der Waals surface area contributed by atoms with Crippen LogP contribution in [0.1, 0.15) is 24.8 Å². The number of hydrogen-bond donors (Lipinski definition) is 1. The molecule has 3 heteroatoms. The molecular formula is C15H21IN2. The summed E-state index contributed by atoms with van der Waals surface area (Å²) in [4.78, 5) is 2.52. The van der Waals surface area contributed by atoms with E-state index in [9.17, 15) is 0 Å². The molecule has 2 rings (SSSR count). The van der Waals surface area contributed by atoms with E-state index in [-0.39, 0.29) is 0 Å². The molecule has 0 amide bonds. The van der Waals surface area contributed by atoms with Crippen LogP contribution in [0.25, 0.3) is 5.57 Å².